The van der Waals surface area contributed by atoms with E-state index < -0.39 is 33.4 Å². The molecule has 3 saturated heterocycles. The Balaban J connectivity index is 1.42. The molecule has 2 unspecified atom stereocenters. The van der Waals surface area contributed by atoms with Crippen LogP contribution in [0, 0.1) is 11.8 Å². The van der Waals surface area contributed by atoms with Crippen molar-refractivity contribution >= 4 is 52.5 Å². The van der Waals surface area contributed by atoms with Gasteiger partial charge in [0.1, 0.15) is 6.04 Å². The predicted molar refractivity (Wildman–Crippen MR) is 157 cm³/mol. The molecule has 206 valence electrons. The highest BCUT2D eigenvalue weighted by Crippen LogP contribution is 2.72. The highest BCUT2D eigenvalue weighted by molar-refractivity contribution is 8.02. The maximum Gasteiger partial charge on any atom is 0.248 e. The lowest BCUT2D eigenvalue weighted by Crippen LogP contribution is -2.52. The molecule has 2 bridgehead atoms. The van der Waals surface area contributed by atoms with Crippen molar-refractivity contribution in [3.05, 3.63) is 95.5 Å². The van der Waals surface area contributed by atoms with Crippen LogP contribution in [0.1, 0.15) is 31.4 Å². The van der Waals surface area contributed by atoms with E-state index in [9.17, 15) is 19.5 Å². The fourth-order valence-corrected chi connectivity index (χ4v) is 9.38. The molecule has 6 atom stereocenters. The first-order chi connectivity index (χ1) is 19.3. The average molecular weight is 576 g/mol. The molecule has 3 heterocycles. The monoisotopic (exact) mass is 575 g/mol. The van der Waals surface area contributed by atoms with Crippen molar-refractivity contribution in [2.24, 2.45) is 11.8 Å². The van der Waals surface area contributed by atoms with Gasteiger partial charge in [0, 0.05) is 21.1 Å². The first kappa shape index (κ1) is 26.9. The van der Waals surface area contributed by atoms with Crippen LogP contribution >= 0.6 is 23.4 Å². The van der Waals surface area contributed by atoms with E-state index in [1.54, 1.807) is 40.9 Å². The summed E-state index contributed by atoms with van der Waals surface area (Å²) in [6, 6.07) is 23.6. The molecular weight excluding hydrogens is 546 g/mol. The molecule has 3 aromatic rings. The Kier molecular flexibility index (Phi) is 6.89. The van der Waals surface area contributed by atoms with Crippen molar-refractivity contribution in [1.82, 2.24) is 4.90 Å². The van der Waals surface area contributed by atoms with Crippen molar-refractivity contribution in [1.29, 1.82) is 0 Å². The van der Waals surface area contributed by atoms with Crippen LogP contribution in [0.3, 0.4) is 0 Å². The molecule has 0 saturated carbocycles. The van der Waals surface area contributed by atoms with Gasteiger partial charge in [-0.2, -0.15) is 0 Å². The highest BCUT2D eigenvalue weighted by Gasteiger charge is 2.77. The summed E-state index contributed by atoms with van der Waals surface area (Å²) in [6.45, 7) is 1.68. The number of likely N-dealkylation sites (tertiary alicyclic amines) is 1. The Bertz CT molecular complexity index is 1440. The van der Waals surface area contributed by atoms with Gasteiger partial charge < -0.3 is 20.6 Å². The van der Waals surface area contributed by atoms with Crippen molar-refractivity contribution < 1.29 is 19.5 Å². The van der Waals surface area contributed by atoms with E-state index in [0.29, 0.717) is 29.2 Å². The number of rotatable bonds is 7. The van der Waals surface area contributed by atoms with Crippen LogP contribution in [0.15, 0.2) is 84.9 Å². The number of carbonyl (C=O) groups is 3. The lowest BCUT2D eigenvalue weighted by Gasteiger charge is -2.37. The normalized spacial score (nSPS) is 29.2. The zero-order valence-corrected chi connectivity index (χ0v) is 23.5. The molecule has 3 aromatic carbocycles. The van der Waals surface area contributed by atoms with E-state index in [4.69, 9.17) is 11.6 Å². The van der Waals surface area contributed by atoms with E-state index in [1.165, 1.54) is 0 Å². The number of nitrogens with zero attached hydrogens (tertiary/aromatic N) is 1. The predicted octanol–water partition coefficient (Wildman–Crippen LogP) is 5.13. The van der Waals surface area contributed by atoms with Gasteiger partial charge >= 0.3 is 0 Å². The van der Waals surface area contributed by atoms with Crippen molar-refractivity contribution in [2.45, 2.75) is 41.3 Å². The smallest absolute Gasteiger partial charge is 0.248 e. The van der Waals surface area contributed by atoms with Gasteiger partial charge in [0.2, 0.25) is 17.7 Å². The molecule has 3 amide bonds. The molecule has 3 aliphatic heterocycles. The summed E-state index contributed by atoms with van der Waals surface area (Å²) in [7, 11) is 0. The Morgan fingerprint density at radius 3 is 2.20 bits per heavy atom. The zero-order chi connectivity index (χ0) is 28.1. The summed E-state index contributed by atoms with van der Waals surface area (Å²) in [5, 5.41) is 17.2. The number of aliphatic hydroxyl groups is 1. The van der Waals surface area contributed by atoms with Crippen molar-refractivity contribution in [3.8, 4) is 0 Å². The third-order valence-electron chi connectivity index (χ3n) is 8.59. The molecule has 3 N–H and O–H groups in total. The summed E-state index contributed by atoms with van der Waals surface area (Å²) in [5.41, 5.74) is 1.95. The topological polar surface area (TPSA) is 98.7 Å². The minimum atomic E-state index is -0.889. The van der Waals surface area contributed by atoms with Crippen LogP contribution in [0.4, 0.5) is 11.4 Å². The van der Waals surface area contributed by atoms with Gasteiger partial charge in [-0.15, -0.1) is 11.8 Å². The largest absolute Gasteiger partial charge is 0.394 e. The van der Waals surface area contributed by atoms with Gasteiger partial charge in [0.25, 0.3) is 0 Å². The fraction of sp³-hybridized carbons (Fsp3) is 0.323. The van der Waals surface area contributed by atoms with Crippen LogP contribution < -0.4 is 10.6 Å². The van der Waals surface area contributed by atoms with Gasteiger partial charge in [-0.25, -0.2) is 0 Å². The number of benzene rings is 3. The molecule has 6 rings (SSSR count). The Morgan fingerprint density at radius 2 is 1.55 bits per heavy atom. The molecule has 1 spiro atoms. The first-order valence-electron chi connectivity index (χ1n) is 13.4. The van der Waals surface area contributed by atoms with Crippen molar-refractivity contribution in [3.63, 3.8) is 0 Å². The Labute approximate surface area is 242 Å². The third kappa shape index (κ3) is 4.29. The second kappa shape index (κ2) is 10.3. The van der Waals surface area contributed by atoms with E-state index in [0.717, 1.165) is 5.56 Å². The highest BCUT2D eigenvalue weighted by atomic mass is 35.5. The Hall–Kier alpha value is -3.33. The third-order valence-corrected chi connectivity index (χ3v) is 10.8. The zero-order valence-electron chi connectivity index (χ0n) is 21.9. The first-order valence-corrected chi connectivity index (χ1v) is 14.6. The number of aliphatic hydroxyl groups excluding tert-OH is 1. The van der Waals surface area contributed by atoms with Crippen LogP contribution in [-0.4, -0.2) is 49.9 Å². The summed E-state index contributed by atoms with van der Waals surface area (Å²) in [6.07, 6.45) is 1.31. The number of hydrogen-bond donors (Lipinski definition) is 3. The summed E-state index contributed by atoms with van der Waals surface area (Å²) in [4.78, 5) is 44.1. The minimum absolute atomic E-state index is 0.222. The van der Waals surface area contributed by atoms with Gasteiger partial charge in [-0.05, 0) is 61.7 Å². The molecule has 9 heteroatoms. The molecule has 40 heavy (non-hydrogen) atoms. The van der Waals surface area contributed by atoms with E-state index in [-0.39, 0.29) is 24.3 Å². The molecule has 3 fully saturated rings. The molecule has 7 nitrogen and oxygen atoms in total. The van der Waals surface area contributed by atoms with Gasteiger partial charge in [-0.1, -0.05) is 60.1 Å². The summed E-state index contributed by atoms with van der Waals surface area (Å²) in [5.74, 6) is -2.18. The lowest BCUT2D eigenvalue weighted by atomic mass is 9.66. The quantitative estimate of drug-likeness (QED) is 0.363. The van der Waals surface area contributed by atoms with Crippen LogP contribution in [0.5, 0.6) is 0 Å². The Morgan fingerprint density at radius 1 is 0.950 bits per heavy atom. The summed E-state index contributed by atoms with van der Waals surface area (Å²) >= 11 is 7.65. The second-order valence-corrected chi connectivity index (χ2v) is 13.3. The van der Waals surface area contributed by atoms with Crippen LogP contribution in [0.25, 0.3) is 0 Å². The number of fused-ring (bicyclic) bond motifs is 1. The molecule has 0 aliphatic carbocycles. The average Bonchev–Trinajstić information content (AvgIpc) is 3.52. The molecule has 3 aliphatic rings. The number of amides is 3. The van der Waals surface area contributed by atoms with Crippen LogP contribution in [-0.2, 0) is 14.4 Å². The standard InChI is InChI=1S/C31H30ClN3O4S/c1-30-16-17-31(40-30)25(24(30)27(37)33-21-10-6-3-7-11-21)29(39)35(23(18-36)19-8-4-2-5-9-19)26(31)28(38)34-22-14-12-20(32)13-15-22/h2-15,23-26,36H,16-18H2,1H3,(H,33,37)(H,34,38)/t23-,24+,25+,26?,30-,31?/m1/s1. The fourth-order valence-electron chi connectivity index (χ4n) is 6.91. The van der Waals surface area contributed by atoms with E-state index in [2.05, 4.69) is 10.6 Å². The lowest BCUT2D eigenvalue weighted by molar-refractivity contribution is -0.141. The maximum absolute atomic E-state index is 14.5. The summed E-state index contributed by atoms with van der Waals surface area (Å²) < 4.78 is -1.32. The maximum atomic E-state index is 14.5. The van der Waals surface area contributed by atoms with E-state index >= 15 is 0 Å². The second-order valence-electron chi connectivity index (χ2n) is 10.9. The van der Waals surface area contributed by atoms with Gasteiger partial charge in [0.15, 0.2) is 0 Å². The SMILES string of the molecule is C[C@]12CCC3(S1)C(C(=O)Nc1ccc(Cl)cc1)N([C@H](CO)c1ccccc1)C(=O)[C@@H]3[C@H]2C(=O)Nc1ccccc1. The van der Waals surface area contributed by atoms with Gasteiger partial charge in [0.05, 0.1) is 29.2 Å². The molecule has 0 aromatic heterocycles. The van der Waals surface area contributed by atoms with E-state index in [1.807, 2.05) is 67.6 Å². The van der Waals surface area contributed by atoms with Gasteiger partial charge in [-0.3, -0.25) is 14.4 Å². The number of anilines is 2. The number of para-hydroxylation sites is 1. The molecule has 0 radical (unpaired) electrons. The number of hydrogen-bond acceptors (Lipinski definition) is 5. The number of nitrogens with one attached hydrogen (secondary N) is 2. The number of carbonyl (C=O) groups excluding carboxylic acids is 3. The van der Waals surface area contributed by atoms with Crippen LogP contribution in [0.2, 0.25) is 5.02 Å². The molecular formula is C31H30ClN3O4S. The number of halogens is 1. The van der Waals surface area contributed by atoms with Crippen molar-refractivity contribution in [2.75, 3.05) is 17.2 Å². The minimum Gasteiger partial charge on any atom is -0.394 e. The number of thioether (sulfide) groups is 1.